The van der Waals surface area contributed by atoms with Crippen LogP contribution >= 0.6 is 0 Å². The van der Waals surface area contributed by atoms with Crippen LogP contribution in [0.1, 0.15) is 16.8 Å². The molecule has 0 radical (unpaired) electrons. The SMILES string of the molecule is COc1cccc(-c2cc(=O)n(C)c3ccc(C(N)(c4cccnc4)c4cncn4C)cc23)c1. The van der Waals surface area contributed by atoms with Crippen molar-refractivity contribution in [3.8, 4) is 16.9 Å². The van der Waals surface area contributed by atoms with Crippen LogP contribution in [0.4, 0.5) is 0 Å². The zero-order valence-electron chi connectivity index (χ0n) is 19.3. The van der Waals surface area contributed by atoms with Crippen LogP contribution in [0.2, 0.25) is 0 Å². The predicted octanol–water partition coefficient (Wildman–Crippen LogP) is 3.59. The highest BCUT2D eigenvalue weighted by Crippen LogP contribution is 2.37. The van der Waals surface area contributed by atoms with Crippen LogP contribution in [0.3, 0.4) is 0 Å². The van der Waals surface area contributed by atoms with Gasteiger partial charge in [0.05, 0.1) is 30.8 Å². The summed E-state index contributed by atoms with van der Waals surface area (Å²) >= 11 is 0. The van der Waals surface area contributed by atoms with E-state index in [4.69, 9.17) is 10.5 Å². The highest BCUT2D eigenvalue weighted by molar-refractivity contribution is 5.95. The first-order valence-electron chi connectivity index (χ1n) is 10.9. The van der Waals surface area contributed by atoms with Gasteiger partial charge in [-0.05, 0) is 47.0 Å². The van der Waals surface area contributed by atoms with Gasteiger partial charge in [0, 0.05) is 43.5 Å². The minimum absolute atomic E-state index is 0.0871. The van der Waals surface area contributed by atoms with Gasteiger partial charge in [0.1, 0.15) is 11.3 Å². The first kappa shape index (κ1) is 21.6. The van der Waals surface area contributed by atoms with E-state index in [2.05, 4.69) is 16.0 Å². The number of ether oxygens (including phenoxy) is 1. The molecule has 0 aliphatic carbocycles. The molecular weight excluding hydrogens is 426 g/mol. The number of fused-ring (bicyclic) bond motifs is 1. The molecule has 0 saturated carbocycles. The standard InChI is InChI=1S/C27H25N5O2/c1-31-17-30-16-25(31)27(28,20-7-5-11-29-15-20)19-9-10-24-23(13-19)22(14-26(33)32(24)2)18-6-4-8-21(12-18)34-3/h4-17H,28H2,1-3H3. The summed E-state index contributed by atoms with van der Waals surface area (Å²) in [6.45, 7) is 0. The first-order valence-corrected chi connectivity index (χ1v) is 10.9. The summed E-state index contributed by atoms with van der Waals surface area (Å²) in [7, 11) is 5.33. The number of benzene rings is 2. The second kappa shape index (κ2) is 8.28. The lowest BCUT2D eigenvalue weighted by molar-refractivity contribution is 0.415. The Balaban J connectivity index is 1.83. The first-order chi connectivity index (χ1) is 16.4. The molecule has 7 nitrogen and oxygen atoms in total. The van der Waals surface area contributed by atoms with E-state index >= 15 is 0 Å². The lowest BCUT2D eigenvalue weighted by Crippen LogP contribution is -2.41. The zero-order chi connectivity index (χ0) is 23.9. The van der Waals surface area contributed by atoms with Crippen LogP contribution in [0.15, 0.2) is 90.4 Å². The van der Waals surface area contributed by atoms with E-state index in [0.717, 1.165) is 44.6 Å². The molecule has 0 aliphatic heterocycles. The van der Waals surface area contributed by atoms with Crippen LogP contribution in [-0.2, 0) is 19.6 Å². The highest BCUT2D eigenvalue weighted by Gasteiger charge is 2.35. The van der Waals surface area contributed by atoms with Crippen molar-refractivity contribution in [3.63, 3.8) is 0 Å². The number of nitrogens with zero attached hydrogens (tertiary/aromatic N) is 4. The van der Waals surface area contributed by atoms with Gasteiger partial charge < -0.3 is 19.6 Å². The number of hydrogen-bond acceptors (Lipinski definition) is 5. The summed E-state index contributed by atoms with van der Waals surface area (Å²) in [5.41, 5.74) is 11.2. The molecule has 3 heterocycles. The average molecular weight is 452 g/mol. The summed E-state index contributed by atoms with van der Waals surface area (Å²) in [4.78, 5) is 21.4. The molecule has 5 rings (SSSR count). The van der Waals surface area contributed by atoms with Crippen molar-refractivity contribution in [2.24, 2.45) is 19.8 Å². The van der Waals surface area contributed by atoms with E-state index in [-0.39, 0.29) is 5.56 Å². The third-order valence-corrected chi connectivity index (χ3v) is 6.42. The maximum atomic E-state index is 12.8. The summed E-state index contributed by atoms with van der Waals surface area (Å²) in [5.74, 6) is 0.723. The molecule has 5 aromatic rings. The van der Waals surface area contributed by atoms with Crippen molar-refractivity contribution in [1.29, 1.82) is 0 Å². The Morgan fingerprint density at radius 2 is 1.79 bits per heavy atom. The van der Waals surface area contributed by atoms with Gasteiger partial charge >= 0.3 is 0 Å². The molecule has 0 aliphatic rings. The van der Waals surface area contributed by atoms with Crippen LogP contribution in [0, 0.1) is 0 Å². The number of nitrogens with two attached hydrogens (primary N) is 1. The van der Waals surface area contributed by atoms with Crippen LogP contribution in [0.5, 0.6) is 5.75 Å². The number of pyridine rings is 2. The van der Waals surface area contributed by atoms with E-state index in [1.165, 1.54) is 0 Å². The van der Waals surface area contributed by atoms with Gasteiger partial charge in [0.15, 0.2) is 0 Å². The molecule has 0 spiro atoms. The fraction of sp³-hybridized carbons (Fsp3) is 0.148. The molecule has 1 unspecified atom stereocenters. The zero-order valence-corrected chi connectivity index (χ0v) is 19.3. The number of aromatic nitrogens is 4. The molecular formula is C27H25N5O2. The summed E-state index contributed by atoms with van der Waals surface area (Å²) in [5, 5.41) is 0.911. The van der Waals surface area contributed by atoms with Gasteiger partial charge in [-0.3, -0.25) is 9.78 Å². The Hall–Kier alpha value is -4.23. The van der Waals surface area contributed by atoms with Gasteiger partial charge in [-0.15, -0.1) is 0 Å². The lowest BCUT2D eigenvalue weighted by Gasteiger charge is -2.31. The molecule has 0 fully saturated rings. The fourth-order valence-corrected chi connectivity index (χ4v) is 4.53. The molecule has 3 aromatic heterocycles. The molecule has 0 saturated heterocycles. The molecule has 7 heteroatoms. The van der Waals surface area contributed by atoms with Crippen LogP contribution in [-0.4, -0.2) is 26.2 Å². The number of rotatable bonds is 5. The topological polar surface area (TPSA) is 88.0 Å². The summed E-state index contributed by atoms with van der Waals surface area (Å²) in [6.07, 6.45) is 7.02. The number of imidazole rings is 1. The normalized spacial score (nSPS) is 13.1. The van der Waals surface area contributed by atoms with E-state index in [1.807, 2.05) is 60.1 Å². The smallest absolute Gasteiger partial charge is 0.251 e. The Kier molecular flexibility index (Phi) is 5.26. The van der Waals surface area contributed by atoms with E-state index in [1.54, 1.807) is 49.7 Å². The van der Waals surface area contributed by atoms with Crippen molar-refractivity contribution in [1.82, 2.24) is 19.1 Å². The second-order valence-corrected chi connectivity index (χ2v) is 8.36. The third kappa shape index (κ3) is 3.38. The maximum Gasteiger partial charge on any atom is 0.251 e. The van der Waals surface area contributed by atoms with Gasteiger partial charge in [0.25, 0.3) is 5.56 Å². The van der Waals surface area contributed by atoms with Crippen molar-refractivity contribution >= 4 is 10.9 Å². The van der Waals surface area contributed by atoms with Crippen molar-refractivity contribution in [2.45, 2.75) is 5.54 Å². The Morgan fingerprint density at radius 3 is 2.50 bits per heavy atom. The molecule has 2 aromatic carbocycles. The minimum Gasteiger partial charge on any atom is -0.497 e. The molecule has 170 valence electrons. The fourth-order valence-electron chi connectivity index (χ4n) is 4.53. The van der Waals surface area contributed by atoms with Crippen molar-refractivity contribution in [2.75, 3.05) is 7.11 Å². The minimum atomic E-state index is -1.01. The maximum absolute atomic E-state index is 12.8. The molecule has 0 amide bonds. The second-order valence-electron chi connectivity index (χ2n) is 8.36. The quantitative estimate of drug-likeness (QED) is 0.441. The Morgan fingerprint density at radius 1 is 0.941 bits per heavy atom. The Labute approximate surface area is 197 Å². The molecule has 2 N–H and O–H groups in total. The number of hydrogen-bond donors (Lipinski definition) is 1. The predicted molar refractivity (Wildman–Crippen MR) is 133 cm³/mol. The van der Waals surface area contributed by atoms with Crippen LogP contribution < -0.4 is 16.0 Å². The van der Waals surface area contributed by atoms with Crippen molar-refractivity contribution < 1.29 is 4.74 Å². The van der Waals surface area contributed by atoms with E-state index < -0.39 is 5.54 Å². The van der Waals surface area contributed by atoms with E-state index in [0.29, 0.717) is 0 Å². The average Bonchev–Trinajstić information content (AvgIpc) is 3.32. The Bertz CT molecular complexity index is 1550. The molecule has 1 atom stereocenters. The number of aryl methyl sites for hydroxylation is 2. The highest BCUT2D eigenvalue weighted by atomic mass is 16.5. The third-order valence-electron chi connectivity index (χ3n) is 6.42. The summed E-state index contributed by atoms with van der Waals surface area (Å²) in [6, 6.07) is 19.2. The largest absolute Gasteiger partial charge is 0.497 e. The van der Waals surface area contributed by atoms with Crippen LogP contribution in [0.25, 0.3) is 22.0 Å². The van der Waals surface area contributed by atoms with Gasteiger partial charge in [-0.25, -0.2) is 4.98 Å². The van der Waals surface area contributed by atoms with E-state index in [9.17, 15) is 4.79 Å². The van der Waals surface area contributed by atoms with Gasteiger partial charge in [-0.2, -0.15) is 0 Å². The summed E-state index contributed by atoms with van der Waals surface area (Å²) < 4.78 is 8.99. The lowest BCUT2D eigenvalue weighted by atomic mass is 9.81. The molecule has 34 heavy (non-hydrogen) atoms. The monoisotopic (exact) mass is 451 g/mol. The van der Waals surface area contributed by atoms with Gasteiger partial charge in [-0.1, -0.05) is 24.3 Å². The number of methoxy groups -OCH3 is 1. The van der Waals surface area contributed by atoms with Crippen molar-refractivity contribution in [3.05, 3.63) is 113 Å². The van der Waals surface area contributed by atoms with Gasteiger partial charge in [0.2, 0.25) is 0 Å². The molecule has 0 bridgehead atoms.